The molecule has 0 fully saturated rings. The number of imidazole rings is 1. The molecule has 0 saturated carbocycles. The van der Waals surface area contributed by atoms with Gasteiger partial charge in [0.1, 0.15) is 11.3 Å². The molecule has 5 nitrogen and oxygen atoms in total. The Bertz CT molecular complexity index is 489. The average Bonchev–Trinajstić information content (AvgIpc) is 2.53. The van der Waals surface area contributed by atoms with Gasteiger partial charge in [0.15, 0.2) is 0 Å². The van der Waals surface area contributed by atoms with Crippen LogP contribution in [0.15, 0.2) is 18.2 Å². The summed E-state index contributed by atoms with van der Waals surface area (Å²) in [6, 6.07) is 5.75. The summed E-state index contributed by atoms with van der Waals surface area (Å²) in [6.07, 6.45) is 0. The van der Waals surface area contributed by atoms with Gasteiger partial charge >= 0.3 is 0 Å². The lowest BCUT2D eigenvalue weighted by Gasteiger charge is -2.16. The number of nitrogens with zero attached hydrogens (tertiary/aromatic N) is 3. The van der Waals surface area contributed by atoms with E-state index in [-0.39, 0.29) is 0 Å². The molecular formula is C10H14N4O. The van der Waals surface area contributed by atoms with Gasteiger partial charge in [-0.25, -0.2) is 9.66 Å². The number of nitrogens with two attached hydrogens (primary N) is 1. The topological polar surface area (TPSA) is 56.3 Å². The lowest BCUT2D eigenvalue weighted by molar-refractivity contribution is 0.419. The van der Waals surface area contributed by atoms with E-state index in [2.05, 4.69) is 4.98 Å². The van der Waals surface area contributed by atoms with E-state index >= 15 is 0 Å². The van der Waals surface area contributed by atoms with Crippen molar-refractivity contribution in [2.24, 2.45) is 0 Å². The molecule has 0 aliphatic heterocycles. The first kappa shape index (κ1) is 9.64. The van der Waals surface area contributed by atoms with Gasteiger partial charge in [0.25, 0.3) is 0 Å². The Balaban J connectivity index is 2.78. The summed E-state index contributed by atoms with van der Waals surface area (Å²) in [5, 5.41) is 1.88. The predicted molar refractivity (Wildman–Crippen MR) is 60.8 cm³/mol. The van der Waals surface area contributed by atoms with Gasteiger partial charge in [-0.3, -0.25) is 0 Å². The van der Waals surface area contributed by atoms with Gasteiger partial charge in [0.05, 0.1) is 12.6 Å². The fraction of sp³-hybridized carbons (Fsp3) is 0.300. The van der Waals surface area contributed by atoms with Gasteiger partial charge in [0, 0.05) is 14.1 Å². The van der Waals surface area contributed by atoms with Crippen LogP contribution in [-0.2, 0) is 0 Å². The molecule has 2 aromatic rings. The number of hydrogen-bond acceptors (Lipinski definition) is 4. The third kappa shape index (κ3) is 1.36. The van der Waals surface area contributed by atoms with Crippen molar-refractivity contribution >= 4 is 17.0 Å². The zero-order valence-electron chi connectivity index (χ0n) is 9.06. The lowest BCUT2D eigenvalue weighted by atomic mass is 10.3. The maximum Gasteiger partial charge on any atom is 0.220 e. The Morgan fingerprint density at radius 1 is 1.40 bits per heavy atom. The minimum absolute atomic E-state index is 0.458. The first-order valence-corrected chi connectivity index (χ1v) is 4.63. The average molecular weight is 206 g/mol. The van der Waals surface area contributed by atoms with Crippen LogP contribution in [0.1, 0.15) is 0 Å². The van der Waals surface area contributed by atoms with Crippen molar-refractivity contribution in [2.75, 3.05) is 31.9 Å². The van der Waals surface area contributed by atoms with Crippen LogP contribution in [0.3, 0.4) is 0 Å². The monoisotopic (exact) mass is 206 g/mol. The summed E-state index contributed by atoms with van der Waals surface area (Å²) in [4.78, 5) is 4.28. The SMILES string of the molecule is COc1cccc2c1nc(N)n2N(C)C. The van der Waals surface area contributed by atoms with Gasteiger partial charge in [-0.1, -0.05) is 6.07 Å². The molecule has 0 amide bonds. The maximum atomic E-state index is 5.83. The van der Waals surface area contributed by atoms with Gasteiger partial charge in [0.2, 0.25) is 5.95 Å². The quantitative estimate of drug-likeness (QED) is 0.790. The summed E-state index contributed by atoms with van der Waals surface area (Å²) < 4.78 is 7.06. The molecule has 5 heteroatoms. The molecule has 0 aliphatic carbocycles. The van der Waals surface area contributed by atoms with E-state index < -0.39 is 0 Å². The molecular weight excluding hydrogens is 192 g/mol. The number of hydrogen-bond donors (Lipinski definition) is 1. The van der Waals surface area contributed by atoms with Crippen LogP contribution in [0.5, 0.6) is 5.75 Å². The second-order valence-corrected chi connectivity index (χ2v) is 3.46. The molecule has 0 aliphatic rings. The Morgan fingerprint density at radius 2 is 2.13 bits per heavy atom. The number of aromatic nitrogens is 2. The molecule has 0 unspecified atom stereocenters. The zero-order valence-corrected chi connectivity index (χ0v) is 9.06. The van der Waals surface area contributed by atoms with Crippen molar-refractivity contribution in [3.63, 3.8) is 0 Å². The number of para-hydroxylation sites is 1. The van der Waals surface area contributed by atoms with E-state index in [1.807, 2.05) is 42.0 Å². The minimum atomic E-state index is 0.458. The number of anilines is 1. The molecule has 0 bridgehead atoms. The first-order valence-electron chi connectivity index (χ1n) is 4.63. The van der Waals surface area contributed by atoms with E-state index in [4.69, 9.17) is 10.5 Å². The molecule has 15 heavy (non-hydrogen) atoms. The Morgan fingerprint density at radius 3 is 2.73 bits per heavy atom. The molecule has 1 heterocycles. The zero-order chi connectivity index (χ0) is 11.0. The highest BCUT2D eigenvalue weighted by Gasteiger charge is 2.12. The summed E-state index contributed by atoms with van der Waals surface area (Å²) in [5.41, 5.74) is 7.56. The smallest absolute Gasteiger partial charge is 0.220 e. The Labute approximate surface area is 88.0 Å². The van der Waals surface area contributed by atoms with E-state index in [0.717, 1.165) is 16.8 Å². The number of nitrogen functional groups attached to an aromatic ring is 1. The number of ether oxygens (including phenoxy) is 1. The summed E-state index contributed by atoms with van der Waals surface area (Å²) in [6.45, 7) is 0. The normalized spacial score (nSPS) is 10.6. The van der Waals surface area contributed by atoms with E-state index in [1.165, 1.54) is 0 Å². The highest BCUT2D eigenvalue weighted by atomic mass is 16.5. The minimum Gasteiger partial charge on any atom is -0.494 e. The third-order valence-electron chi connectivity index (χ3n) is 2.27. The van der Waals surface area contributed by atoms with Crippen molar-refractivity contribution in [2.45, 2.75) is 0 Å². The van der Waals surface area contributed by atoms with E-state index in [9.17, 15) is 0 Å². The van der Waals surface area contributed by atoms with E-state index in [0.29, 0.717) is 5.95 Å². The summed E-state index contributed by atoms with van der Waals surface area (Å²) in [7, 11) is 5.45. The molecule has 1 aromatic carbocycles. The van der Waals surface area contributed by atoms with Crippen LogP contribution >= 0.6 is 0 Å². The highest BCUT2D eigenvalue weighted by molar-refractivity contribution is 5.84. The number of benzene rings is 1. The summed E-state index contributed by atoms with van der Waals surface area (Å²) in [5.74, 6) is 1.19. The van der Waals surface area contributed by atoms with Gasteiger partial charge < -0.3 is 15.5 Å². The van der Waals surface area contributed by atoms with Crippen molar-refractivity contribution in [1.82, 2.24) is 9.66 Å². The summed E-state index contributed by atoms with van der Waals surface area (Å²) >= 11 is 0. The molecule has 0 atom stereocenters. The van der Waals surface area contributed by atoms with Crippen molar-refractivity contribution in [3.05, 3.63) is 18.2 Å². The Kier molecular flexibility index (Phi) is 2.15. The van der Waals surface area contributed by atoms with Crippen molar-refractivity contribution < 1.29 is 4.74 Å². The van der Waals surface area contributed by atoms with E-state index in [1.54, 1.807) is 7.11 Å². The third-order valence-corrected chi connectivity index (χ3v) is 2.27. The van der Waals surface area contributed by atoms with Crippen molar-refractivity contribution in [1.29, 1.82) is 0 Å². The maximum absolute atomic E-state index is 5.83. The molecule has 0 radical (unpaired) electrons. The highest BCUT2D eigenvalue weighted by Crippen LogP contribution is 2.26. The molecule has 1 aromatic heterocycles. The fourth-order valence-electron chi connectivity index (χ4n) is 1.66. The van der Waals surface area contributed by atoms with Crippen LogP contribution in [0.2, 0.25) is 0 Å². The van der Waals surface area contributed by atoms with Crippen LogP contribution in [0.4, 0.5) is 5.95 Å². The predicted octanol–water partition coefficient (Wildman–Crippen LogP) is 0.825. The first-order chi connectivity index (χ1) is 7.15. The number of methoxy groups -OCH3 is 1. The second-order valence-electron chi connectivity index (χ2n) is 3.46. The van der Waals surface area contributed by atoms with Crippen LogP contribution in [0, 0.1) is 0 Å². The molecule has 0 saturated heterocycles. The van der Waals surface area contributed by atoms with Gasteiger partial charge in [-0.2, -0.15) is 0 Å². The van der Waals surface area contributed by atoms with Crippen LogP contribution in [-0.4, -0.2) is 30.9 Å². The van der Waals surface area contributed by atoms with Gasteiger partial charge in [-0.15, -0.1) is 0 Å². The molecule has 80 valence electrons. The van der Waals surface area contributed by atoms with Gasteiger partial charge in [-0.05, 0) is 12.1 Å². The molecule has 2 rings (SSSR count). The van der Waals surface area contributed by atoms with Crippen LogP contribution in [0.25, 0.3) is 11.0 Å². The largest absolute Gasteiger partial charge is 0.494 e. The van der Waals surface area contributed by atoms with Crippen molar-refractivity contribution in [3.8, 4) is 5.75 Å². The number of fused-ring (bicyclic) bond motifs is 1. The standard InChI is InChI=1S/C10H14N4O/c1-13(2)14-7-5-4-6-8(15-3)9(7)12-10(14)11/h4-6H,1-3H3,(H2,11,12). The Hall–Kier alpha value is -1.91. The number of rotatable bonds is 2. The van der Waals surface area contributed by atoms with Crippen LogP contribution < -0.4 is 15.5 Å². The molecule has 0 spiro atoms. The fourth-order valence-corrected chi connectivity index (χ4v) is 1.66. The second kappa shape index (κ2) is 3.34. The lowest BCUT2D eigenvalue weighted by Crippen LogP contribution is -2.26. The molecule has 2 N–H and O–H groups in total.